The number of carbonyl (C=O) groups is 2. The summed E-state index contributed by atoms with van der Waals surface area (Å²) in [4.78, 5) is 24.9. The average Bonchev–Trinajstić information content (AvgIpc) is 3.17. The van der Waals surface area contributed by atoms with Crippen molar-refractivity contribution in [1.29, 1.82) is 0 Å². The van der Waals surface area contributed by atoms with E-state index in [0.29, 0.717) is 12.8 Å². The van der Waals surface area contributed by atoms with Gasteiger partial charge < -0.3 is 14.8 Å². The normalized spacial score (nSPS) is 21.0. The van der Waals surface area contributed by atoms with E-state index in [9.17, 15) is 9.59 Å². The topological polar surface area (TPSA) is 64.6 Å². The monoisotopic (exact) mass is 379 g/mol. The number of esters is 1. The zero-order valence-electron chi connectivity index (χ0n) is 16.0. The van der Waals surface area contributed by atoms with Crippen LogP contribution in [0, 0.1) is 0 Å². The van der Waals surface area contributed by atoms with Gasteiger partial charge in [0.1, 0.15) is 12.1 Å². The number of ether oxygens (including phenoxy) is 2. The molecule has 3 rings (SSSR count). The molecule has 146 valence electrons. The van der Waals surface area contributed by atoms with Gasteiger partial charge in [-0.25, -0.2) is 9.59 Å². The van der Waals surface area contributed by atoms with Crippen LogP contribution in [-0.4, -0.2) is 24.7 Å². The Morgan fingerprint density at radius 1 is 1.18 bits per heavy atom. The van der Waals surface area contributed by atoms with Crippen LogP contribution in [0.4, 0.5) is 4.79 Å². The summed E-state index contributed by atoms with van der Waals surface area (Å²) < 4.78 is 10.3. The predicted octanol–water partition coefficient (Wildman–Crippen LogP) is 4.44. The van der Waals surface area contributed by atoms with Crippen molar-refractivity contribution in [2.24, 2.45) is 0 Å². The van der Waals surface area contributed by atoms with Gasteiger partial charge in [0.05, 0.1) is 7.11 Å². The van der Waals surface area contributed by atoms with Crippen LogP contribution in [0.1, 0.15) is 41.9 Å². The van der Waals surface area contributed by atoms with Gasteiger partial charge in [0.15, 0.2) is 0 Å². The van der Waals surface area contributed by atoms with Gasteiger partial charge in [-0.05, 0) is 41.9 Å². The molecule has 0 spiro atoms. The van der Waals surface area contributed by atoms with Crippen molar-refractivity contribution in [1.82, 2.24) is 5.32 Å². The Hall–Kier alpha value is -3.08. The minimum Gasteiger partial charge on any atom is -0.467 e. The fourth-order valence-electron chi connectivity index (χ4n) is 3.73. The molecule has 2 atom stereocenters. The van der Waals surface area contributed by atoms with Gasteiger partial charge in [-0.2, -0.15) is 0 Å². The van der Waals surface area contributed by atoms with E-state index in [1.807, 2.05) is 54.6 Å². The second-order valence-corrected chi connectivity index (χ2v) is 7.07. The van der Waals surface area contributed by atoms with Gasteiger partial charge in [-0.15, -0.1) is 0 Å². The number of hydrogen-bond donors (Lipinski definition) is 1. The Kier molecular flexibility index (Phi) is 6.14. The molecule has 1 N–H and O–H groups in total. The van der Waals surface area contributed by atoms with Crippen LogP contribution in [0.5, 0.6) is 0 Å². The summed E-state index contributed by atoms with van der Waals surface area (Å²) in [6, 6.07) is 17.5. The molecule has 0 radical (unpaired) electrons. The Morgan fingerprint density at radius 3 is 2.54 bits per heavy atom. The highest BCUT2D eigenvalue weighted by molar-refractivity contribution is 5.86. The van der Waals surface area contributed by atoms with Gasteiger partial charge >= 0.3 is 12.1 Å². The Labute approximate surface area is 165 Å². The second-order valence-electron chi connectivity index (χ2n) is 7.07. The van der Waals surface area contributed by atoms with Crippen molar-refractivity contribution in [3.63, 3.8) is 0 Å². The highest BCUT2D eigenvalue weighted by atomic mass is 16.6. The van der Waals surface area contributed by atoms with Gasteiger partial charge in [0.2, 0.25) is 0 Å². The number of alkyl carbamates (subject to hydrolysis) is 1. The second kappa shape index (κ2) is 8.74. The fourth-order valence-corrected chi connectivity index (χ4v) is 3.73. The number of nitrogens with one attached hydrogen (secondary N) is 1. The lowest BCUT2D eigenvalue weighted by Gasteiger charge is -2.27. The zero-order chi connectivity index (χ0) is 20.0. The third-order valence-corrected chi connectivity index (χ3v) is 5.29. The molecular weight excluding hydrogens is 354 g/mol. The Morgan fingerprint density at radius 2 is 1.89 bits per heavy atom. The smallest absolute Gasteiger partial charge is 0.408 e. The number of rotatable bonds is 6. The van der Waals surface area contributed by atoms with Crippen LogP contribution < -0.4 is 5.32 Å². The zero-order valence-corrected chi connectivity index (χ0v) is 16.0. The summed E-state index contributed by atoms with van der Waals surface area (Å²) in [7, 11) is 1.34. The molecule has 1 amide bonds. The average molecular weight is 379 g/mol. The van der Waals surface area contributed by atoms with Crippen LogP contribution >= 0.6 is 0 Å². The molecule has 0 aromatic heterocycles. The first-order valence-electron chi connectivity index (χ1n) is 9.36. The fraction of sp³-hybridized carbons (Fsp3) is 0.304. The van der Waals surface area contributed by atoms with E-state index in [1.54, 1.807) is 6.08 Å². The largest absolute Gasteiger partial charge is 0.467 e. The minimum absolute atomic E-state index is 0.149. The maximum Gasteiger partial charge on any atom is 0.408 e. The van der Waals surface area contributed by atoms with E-state index in [1.165, 1.54) is 7.11 Å². The highest BCUT2D eigenvalue weighted by Crippen LogP contribution is 2.41. The maximum absolute atomic E-state index is 12.5. The van der Waals surface area contributed by atoms with Crippen molar-refractivity contribution in [2.75, 3.05) is 7.11 Å². The van der Waals surface area contributed by atoms with E-state index < -0.39 is 17.6 Å². The summed E-state index contributed by atoms with van der Waals surface area (Å²) in [6.07, 6.45) is 2.95. The lowest BCUT2D eigenvalue weighted by Crippen LogP contribution is -2.53. The van der Waals surface area contributed by atoms with Crippen LogP contribution in [0.25, 0.3) is 6.08 Å². The van der Waals surface area contributed by atoms with Crippen molar-refractivity contribution >= 4 is 18.1 Å². The van der Waals surface area contributed by atoms with Crippen molar-refractivity contribution < 1.29 is 19.1 Å². The van der Waals surface area contributed by atoms with E-state index in [-0.39, 0.29) is 12.5 Å². The number of methoxy groups -OCH3 is 1. The Bertz CT molecular complexity index is 831. The molecule has 5 nitrogen and oxygen atoms in total. The first kappa shape index (κ1) is 19.7. The maximum atomic E-state index is 12.5. The molecule has 0 bridgehead atoms. The van der Waals surface area contributed by atoms with Gasteiger partial charge in [0.25, 0.3) is 0 Å². The van der Waals surface area contributed by atoms with Crippen molar-refractivity contribution in [2.45, 2.75) is 37.3 Å². The van der Waals surface area contributed by atoms with Gasteiger partial charge in [-0.1, -0.05) is 67.3 Å². The van der Waals surface area contributed by atoms with Crippen LogP contribution in [0.15, 0.2) is 61.2 Å². The first-order valence-corrected chi connectivity index (χ1v) is 9.36. The highest BCUT2D eigenvalue weighted by Gasteiger charge is 2.48. The molecule has 0 heterocycles. The molecule has 28 heavy (non-hydrogen) atoms. The molecule has 1 saturated carbocycles. The molecule has 1 aliphatic carbocycles. The van der Waals surface area contributed by atoms with E-state index in [4.69, 9.17) is 9.47 Å². The summed E-state index contributed by atoms with van der Waals surface area (Å²) in [6.45, 7) is 3.91. The van der Waals surface area contributed by atoms with Gasteiger partial charge in [-0.3, -0.25) is 0 Å². The van der Waals surface area contributed by atoms with Gasteiger partial charge in [0, 0.05) is 0 Å². The summed E-state index contributed by atoms with van der Waals surface area (Å²) in [5.74, 6) is -0.276. The molecule has 2 unspecified atom stereocenters. The van der Waals surface area contributed by atoms with Crippen molar-refractivity contribution in [3.8, 4) is 0 Å². The molecule has 2 aromatic rings. The molecule has 2 aromatic carbocycles. The molecular formula is C23H25NO4. The van der Waals surface area contributed by atoms with Crippen LogP contribution in [-0.2, 0) is 20.9 Å². The van der Waals surface area contributed by atoms with E-state index in [2.05, 4.69) is 11.9 Å². The minimum atomic E-state index is -1.07. The quantitative estimate of drug-likeness (QED) is 0.754. The third-order valence-electron chi connectivity index (χ3n) is 5.29. The SMILES string of the molecule is C=Cc1ccc(C2CCC(NC(=O)OCc3ccccc3)(C(=O)OC)C2)cc1. The Balaban J connectivity index is 1.68. The lowest BCUT2D eigenvalue weighted by molar-refractivity contribution is -0.148. The van der Waals surface area contributed by atoms with Crippen LogP contribution in [0.2, 0.25) is 0 Å². The molecule has 0 saturated heterocycles. The third kappa shape index (κ3) is 4.42. The van der Waals surface area contributed by atoms with E-state index in [0.717, 1.165) is 23.1 Å². The summed E-state index contributed by atoms with van der Waals surface area (Å²) in [5, 5.41) is 2.78. The first-order chi connectivity index (χ1) is 13.6. The molecule has 1 fully saturated rings. The molecule has 5 heteroatoms. The number of carbonyl (C=O) groups excluding carboxylic acids is 2. The number of benzene rings is 2. The number of amides is 1. The summed E-state index contributed by atoms with van der Waals surface area (Å²) >= 11 is 0. The lowest BCUT2D eigenvalue weighted by atomic mass is 9.92. The standard InChI is InChI=1S/C23H25NO4/c1-3-17-9-11-19(12-10-17)20-13-14-23(15-20,21(25)27-2)24-22(26)28-16-18-7-5-4-6-8-18/h3-12,20H,1,13-16H2,2H3,(H,24,26). The van der Waals surface area contributed by atoms with Crippen LogP contribution in [0.3, 0.4) is 0 Å². The number of hydrogen-bond acceptors (Lipinski definition) is 4. The summed E-state index contributed by atoms with van der Waals surface area (Å²) in [5.41, 5.74) is 2.00. The predicted molar refractivity (Wildman–Crippen MR) is 108 cm³/mol. The molecule has 1 aliphatic rings. The molecule has 0 aliphatic heterocycles. The van der Waals surface area contributed by atoms with E-state index >= 15 is 0 Å². The van der Waals surface area contributed by atoms with Crippen molar-refractivity contribution in [3.05, 3.63) is 77.9 Å².